The summed E-state index contributed by atoms with van der Waals surface area (Å²) in [6, 6.07) is 3.25. The lowest BCUT2D eigenvalue weighted by Gasteiger charge is -2.27. The number of pyridine rings is 1. The van der Waals surface area contributed by atoms with Crippen molar-refractivity contribution in [2.75, 3.05) is 6.54 Å². The summed E-state index contributed by atoms with van der Waals surface area (Å²) in [7, 11) is 0. The van der Waals surface area contributed by atoms with Crippen LogP contribution in [-0.2, 0) is 11.3 Å². The van der Waals surface area contributed by atoms with Gasteiger partial charge in [-0.15, -0.1) is 0 Å². The number of amides is 2. The summed E-state index contributed by atoms with van der Waals surface area (Å²) in [4.78, 5) is 28.3. The number of carbonyl (C=O) groups is 2. The van der Waals surface area contributed by atoms with Crippen molar-refractivity contribution in [3.05, 3.63) is 29.6 Å². The highest BCUT2D eigenvalue weighted by molar-refractivity contribution is 5.80. The van der Waals surface area contributed by atoms with Gasteiger partial charge in [0.25, 0.3) is 0 Å². The van der Waals surface area contributed by atoms with E-state index < -0.39 is 5.97 Å². The van der Waals surface area contributed by atoms with Gasteiger partial charge >= 0.3 is 12.0 Å². The molecule has 1 aromatic rings. The molecule has 6 nitrogen and oxygen atoms in total. The minimum absolute atomic E-state index is 0.123. The van der Waals surface area contributed by atoms with Crippen molar-refractivity contribution in [1.82, 2.24) is 15.2 Å². The van der Waals surface area contributed by atoms with E-state index >= 15 is 0 Å². The number of carboxylic acid groups (broad SMARTS) is 1. The summed E-state index contributed by atoms with van der Waals surface area (Å²) in [5.74, 6) is -1.02. The molecule has 1 aromatic heterocycles. The number of nitrogens with one attached hydrogen (secondary N) is 1. The van der Waals surface area contributed by atoms with E-state index in [4.69, 9.17) is 5.11 Å². The Morgan fingerprint density at radius 2 is 2.15 bits per heavy atom. The topological polar surface area (TPSA) is 82.5 Å². The van der Waals surface area contributed by atoms with E-state index in [2.05, 4.69) is 10.3 Å². The van der Waals surface area contributed by atoms with Crippen LogP contribution in [0.2, 0.25) is 0 Å². The number of hydrogen-bond acceptors (Lipinski definition) is 3. The predicted molar refractivity (Wildman–Crippen MR) is 75.3 cm³/mol. The number of hydrogen-bond donors (Lipinski definition) is 2. The minimum Gasteiger partial charge on any atom is -0.480 e. The van der Waals surface area contributed by atoms with Gasteiger partial charge in [-0.3, -0.25) is 9.78 Å². The van der Waals surface area contributed by atoms with Gasteiger partial charge < -0.3 is 15.3 Å². The van der Waals surface area contributed by atoms with Crippen LogP contribution in [0.4, 0.5) is 4.79 Å². The molecule has 1 atom stereocenters. The van der Waals surface area contributed by atoms with E-state index in [0.717, 1.165) is 11.3 Å². The standard InChI is InChI=1S/C14H21N3O3/c1-4-11(3)17(9-13(18)19)14(20)16-8-12-6-5-10(2)15-7-12/h5-7,11H,4,8-9H2,1-3H3,(H,16,20)(H,18,19). The highest BCUT2D eigenvalue weighted by Crippen LogP contribution is 2.05. The number of aromatic nitrogens is 1. The van der Waals surface area contributed by atoms with Gasteiger partial charge in [0.2, 0.25) is 0 Å². The third kappa shape index (κ3) is 4.87. The molecule has 6 heteroatoms. The van der Waals surface area contributed by atoms with Gasteiger partial charge in [0, 0.05) is 24.5 Å². The summed E-state index contributed by atoms with van der Waals surface area (Å²) < 4.78 is 0. The molecule has 2 amide bonds. The maximum atomic E-state index is 12.1. The van der Waals surface area contributed by atoms with E-state index in [1.54, 1.807) is 6.20 Å². The first-order chi connectivity index (χ1) is 9.43. The van der Waals surface area contributed by atoms with Gasteiger partial charge in [0.15, 0.2) is 0 Å². The van der Waals surface area contributed by atoms with Gasteiger partial charge in [0.1, 0.15) is 6.54 Å². The number of aryl methyl sites for hydroxylation is 1. The molecule has 1 heterocycles. The number of urea groups is 1. The van der Waals surface area contributed by atoms with Crippen molar-refractivity contribution in [3.8, 4) is 0 Å². The number of rotatable bonds is 6. The quantitative estimate of drug-likeness (QED) is 0.831. The van der Waals surface area contributed by atoms with E-state index in [1.807, 2.05) is 32.9 Å². The molecule has 1 rings (SSSR count). The number of aliphatic carboxylic acids is 1. The molecule has 0 aliphatic heterocycles. The fourth-order valence-electron chi connectivity index (χ4n) is 1.68. The normalized spacial score (nSPS) is 11.8. The molecular formula is C14H21N3O3. The predicted octanol–water partition coefficient (Wildman–Crippen LogP) is 1.78. The summed E-state index contributed by atoms with van der Waals surface area (Å²) in [5, 5.41) is 11.6. The largest absolute Gasteiger partial charge is 0.480 e. The summed E-state index contributed by atoms with van der Waals surface area (Å²) in [6.07, 6.45) is 2.40. The molecule has 0 saturated heterocycles. The second-order valence-corrected chi connectivity index (χ2v) is 4.75. The Bertz CT molecular complexity index is 459. The van der Waals surface area contributed by atoms with E-state index in [0.29, 0.717) is 13.0 Å². The van der Waals surface area contributed by atoms with Crippen molar-refractivity contribution < 1.29 is 14.7 Å². The summed E-state index contributed by atoms with van der Waals surface area (Å²) in [6.45, 7) is 5.66. The van der Waals surface area contributed by atoms with Crippen LogP contribution in [0.3, 0.4) is 0 Å². The molecular weight excluding hydrogens is 258 g/mol. The Morgan fingerprint density at radius 1 is 1.45 bits per heavy atom. The SMILES string of the molecule is CCC(C)N(CC(=O)O)C(=O)NCc1ccc(C)nc1. The van der Waals surface area contributed by atoms with Crippen LogP contribution in [0.5, 0.6) is 0 Å². The van der Waals surface area contributed by atoms with Crippen LogP contribution in [-0.4, -0.2) is 39.6 Å². The first kappa shape index (κ1) is 15.9. The second-order valence-electron chi connectivity index (χ2n) is 4.75. The highest BCUT2D eigenvalue weighted by atomic mass is 16.4. The third-order valence-electron chi connectivity index (χ3n) is 3.11. The smallest absolute Gasteiger partial charge is 0.323 e. The summed E-state index contributed by atoms with van der Waals surface area (Å²) >= 11 is 0. The molecule has 110 valence electrons. The van der Waals surface area contributed by atoms with Gasteiger partial charge in [-0.25, -0.2) is 4.79 Å². The zero-order chi connectivity index (χ0) is 15.1. The molecule has 0 aromatic carbocycles. The maximum Gasteiger partial charge on any atom is 0.323 e. The third-order valence-corrected chi connectivity index (χ3v) is 3.11. The van der Waals surface area contributed by atoms with Gasteiger partial charge in [-0.05, 0) is 31.9 Å². The molecule has 0 radical (unpaired) electrons. The van der Waals surface area contributed by atoms with Crippen LogP contribution in [0.15, 0.2) is 18.3 Å². The van der Waals surface area contributed by atoms with Gasteiger partial charge in [-0.1, -0.05) is 13.0 Å². The molecule has 0 spiro atoms. The zero-order valence-electron chi connectivity index (χ0n) is 12.1. The van der Waals surface area contributed by atoms with Crippen molar-refractivity contribution in [1.29, 1.82) is 0 Å². The average molecular weight is 279 g/mol. The molecule has 0 bridgehead atoms. The molecule has 0 aliphatic carbocycles. The van der Waals surface area contributed by atoms with E-state index in [-0.39, 0.29) is 18.6 Å². The summed E-state index contributed by atoms with van der Waals surface area (Å²) in [5.41, 5.74) is 1.79. The first-order valence-electron chi connectivity index (χ1n) is 6.61. The Hall–Kier alpha value is -2.11. The Kier molecular flexibility index (Phi) is 5.96. The Labute approximate surface area is 118 Å². The Morgan fingerprint density at radius 3 is 2.65 bits per heavy atom. The average Bonchev–Trinajstić information content (AvgIpc) is 2.42. The lowest BCUT2D eigenvalue weighted by molar-refractivity contribution is -0.138. The van der Waals surface area contributed by atoms with Crippen molar-refractivity contribution in [2.24, 2.45) is 0 Å². The van der Waals surface area contributed by atoms with Crippen LogP contribution in [0.25, 0.3) is 0 Å². The fourth-order valence-corrected chi connectivity index (χ4v) is 1.68. The lowest BCUT2D eigenvalue weighted by Crippen LogP contribution is -2.47. The Balaban J connectivity index is 2.61. The van der Waals surface area contributed by atoms with Crippen LogP contribution in [0, 0.1) is 6.92 Å². The van der Waals surface area contributed by atoms with Crippen LogP contribution < -0.4 is 5.32 Å². The molecule has 20 heavy (non-hydrogen) atoms. The van der Waals surface area contributed by atoms with E-state index in [1.165, 1.54) is 4.90 Å². The zero-order valence-corrected chi connectivity index (χ0v) is 12.1. The first-order valence-corrected chi connectivity index (χ1v) is 6.61. The van der Waals surface area contributed by atoms with Gasteiger partial charge in [-0.2, -0.15) is 0 Å². The highest BCUT2D eigenvalue weighted by Gasteiger charge is 2.21. The van der Waals surface area contributed by atoms with Crippen molar-refractivity contribution >= 4 is 12.0 Å². The molecule has 0 saturated carbocycles. The minimum atomic E-state index is -1.02. The number of carbonyl (C=O) groups excluding carboxylic acids is 1. The number of nitrogens with zero attached hydrogens (tertiary/aromatic N) is 2. The fraction of sp³-hybridized carbons (Fsp3) is 0.500. The molecule has 1 unspecified atom stereocenters. The van der Waals surface area contributed by atoms with Crippen LogP contribution in [0.1, 0.15) is 31.5 Å². The number of carboxylic acids is 1. The monoisotopic (exact) mass is 279 g/mol. The van der Waals surface area contributed by atoms with Crippen molar-refractivity contribution in [2.45, 2.75) is 39.8 Å². The second kappa shape index (κ2) is 7.47. The molecule has 0 fully saturated rings. The molecule has 0 aliphatic rings. The maximum absolute atomic E-state index is 12.1. The van der Waals surface area contributed by atoms with E-state index in [9.17, 15) is 9.59 Å². The van der Waals surface area contributed by atoms with Crippen molar-refractivity contribution in [3.63, 3.8) is 0 Å². The lowest BCUT2D eigenvalue weighted by atomic mass is 10.2. The van der Waals surface area contributed by atoms with Gasteiger partial charge in [0.05, 0.1) is 0 Å². The van der Waals surface area contributed by atoms with Crippen LogP contribution >= 0.6 is 0 Å². The molecule has 2 N–H and O–H groups in total.